The van der Waals surface area contributed by atoms with E-state index in [4.69, 9.17) is 15.8 Å². The number of rotatable bonds is 17. The molecule has 2 aliphatic rings. The van der Waals surface area contributed by atoms with Crippen LogP contribution in [0, 0.1) is 0 Å². The van der Waals surface area contributed by atoms with Crippen LogP contribution in [0.5, 0.6) is 0 Å². The maximum atomic E-state index is 12.5. The van der Waals surface area contributed by atoms with Crippen LogP contribution >= 0.6 is 0 Å². The van der Waals surface area contributed by atoms with Gasteiger partial charge < -0.3 is 41.6 Å². The third-order valence-electron chi connectivity index (χ3n) is 8.51. The number of aliphatic carboxylic acids is 1. The lowest BCUT2D eigenvalue weighted by molar-refractivity contribution is -0.139. The van der Waals surface area contributed by atoms with E-state index in [2.05, 4.69) is 41.2 Å². The van der Waals surface area contributed by atoms with Crippen molar-refractivity contribution < 1.29 is 14.7 Å². The van der Waals surface area contributed by atoms with Gasteiger partial charge >= 0.3 is 5.97 Å². The summed E-state index contributed by atoms with van der Waals surface area (Å²) in [6.07, 6.45) is 12.7. The molecule has 0 unspecified atom stereocenters. The minimum Gasteiger partial charge on any atom is -0.480 e. The van der Waals surface area contributed by atoms with Crippen molar-refractivity contribution in [2.24, 2.45) is 5.73 Å². The van der Waals surface area contributed by atoms with Gasteiger partial charge in [0.1, 0.15) is 17.3 Å². The molecule has 1 atom stereocenters. The Morgan fingerprint density at radius 2 is 1.87 bits per heavy atom. The fourth-order valence-electron chi connectivity index (χ4n) is 5.83. The highest BCUT2D eigenvalue weighted by Gasteiger charge is 2.25. The molecule has 246 valence electrons. The number of H-pyrrole nitrogens is 1. The second kappa shape index (κ2) is 16.4. The zero-order valence-electron chi connectivity index (χ0n) is 26.0. The molecule has 5 rings (SSSR count). The summed E-state index contributed by atoms with van der Waals surface area (Å²) >= 11 is 0. The summed E-state index contributed by atoms with van der Waals surface area (Å²) < 4.78 is 1.87. The Morgan fingerprint density at radius 3 is 2.67 bits per heavy atom. The third kappa shape index (κ3) is 9.55. The summed E-state index contributed by atoms with van der Waals surface area (Å²) in [6.45, 7) is 6.36. The number of aryl methyl sites for hydroxylation is 1. The van der Waals surface area contributed by atoms with Crippen molar-refractivity contribution >= 4 is 34.8 Å². The first-order valence-corrected chi connectivity index (χ1v) is 16.3. The van der Waals surface area contributed by atoms with E-state index in [-0.39, 0.29) is 18.7 Å². The minimum absolute atomic E-state index is 0.0979. The SMILES string of the molecule is N[C@@H](CCC(=O)N1CCN(c2nc(NCc3cn(CCCNCCCNC4CCCCC4)nn3)c3[nH]cnc3n2)CC1)C(=O)O. The van der Waals surface area contributed by atoms with Crippen molar-refractivity contribution in [3.8, 4) is 0 Å². The number of piperazine rings is 1. The van der Waals surface area contributed by atoms with Gasteiger partial charge in [0.25, 0.3) is 0 Å². The van der Waals surface area contributed by atoms with E-state index < -0.39 is 12.0 Å². The number of carbonyl (C=O) groups excluding carboxylic acids is 1. The maximum Gasteiger partial charge on any atom is 0.320 e. The van der Waals surface area contributed by atoms with E-state index in [9.17, 15) is 9.59 Å². The Bertz CT molecular complexity index is 1360. The summed E-state index contributed by atoms with van der Waals surface area (Å²) in [4.78, 5) is 44.1. The van der Waals surface area contributed by atoms with E-state index in [0.717, 1.165) is 50.8 Å². The molecule has 4 heterocycles. The van der Waals surface area contributed by atoms with Gasteiger partial charge in [-0.05, 0) is 51.7 Å². The number of nitrogens with zero attached hydrogens (tertiary/aromatic N) is 8. The first-order valence-electron chi connectivity index (χ1n) is 16.3. The van der Waals surface area contributed by atoms with Crippen LogP contribution < -0.4 is 26.6 Å². The van der Waals surface area contributed by atoms with Gasteiger partial charge in [0, 0.05) is 45.2 Å². The van der Waals surface area contributed by atoms with Crippen molar-refractivity contribution in [2.75, 3.05) is 56.0 Å². The van der Waals surface area contributed by atoms with Crippen LogP contribution in [0.1, 0.15) is 63.5 Å². The molecule has 7 N–H and O–H groups in total. The molecule has 3 aromatic rings. The van der Waals surface area contributed by atoms with Crippen molar-refractivity contribution in [3.63, 3.8) is 0 Å². The van der Waals surface area contributed by atoms with Crippen LogP contribution in [0.4, 0.5) is 11.8 Å². The Labute approximate surface area is 262 Å². The van der Waals surface area contributed by atoms with Crippen molar-refractivity contribution in [3.05, 3.63) is 18.2 Å². The molecule has 1 aliphatic carbocycles. The van der Waals surface area contributed by atoms with E-state index in [1.54, 1.807) is 11.2 Å². The summed E-state index contributed by atoms with van der Waals surface area (Å²) in [5.74, 6) is -0.0539. The quantitative estimate of drug-likeness (QED) is 0.114. The number of amides is 1. The fourth-order valence-corrected chi connectivity index (χ4v) is 5.83. The van der Waals surface area contributed by atoms with E-state index in [1.807, 2.05) is 15.8 Å². The molecule has 0 bridgehead atoms. The van der Waals surface area contributed by atoms with Crippen LogP contribution in [0.2, 0.25) is 0 Å². The van der Waals surface area contributed by atoms with Crippen LogP contribution in [0.3, 0.4) is 0 Å². The predicted octanol–water partition coefficient (Wildman–Crippen LogP) is 0.689. The summed E-state index contributed by atoms with van der Waals surface area (Å²) in [5, 5.41) is 28.1. The van der Waals surface area contributed by atoms with Gasteiger partial charge in [0.2, 0.25) is 11.9 Å². The molecule has 0 spiro atoms. The molecule has 0 radical (unpaired) electrons. The number of aromatic amines is 1. The lowest BCUT2D eigenvalue weighted by atomic mass is 9.95. The van der Waals surface area contributed by atoms with Crippen LogP contribution in [-0.4, -0.2) is 115 Å². The normalized spacial score (nSPS) is 16.7. The van der Waals surface area contributed by atoms with Crippen LogP contribution in [0.25, 0.3) is 11.2 Å². The number of anilines is 2. The van der Waals surface area contributed by atoms with Gasteiger partial charge in [-0.1, -0.05) is 24.5 Å². The number of hydrogen-bond donors (Lipinski definition) is 6. The van der Waals surface area contributed by atoms with Gasteiger partial charge in [-0.15, -0.1) is 5.10 Å². The molecule has 0 aromatic carbocycles. The number of fused-ring (bicyclic) bond motifs is 1. The van der Waals surface area contributed by atoms with Crippen molar-refractivity contribution in [2.45, 2.75) is 83.0 Å². The van der Waals surface area contributed by atoms with E-state index in [1.165, 1.54) is 32.1 Å². The van der Waals surface area contributed by atoms with Crippen LogP contribution in [-0.2, 0) is 22.7 Å². The van der Waals surface area contributed by atoms with Gasteiger partial charge in [0.05, 0.1) is 19.1 Å². The highest BCUT2D eigenvalue weighted by Crippen LogP contribution is 2.22. The zero-order chi connectivity index (χ0) is 31.4. The number of carboxylic acids is 1. The van der Waals surface area contributed by atoms with Crippen LogP contribution in [0.15, 0.2) is 12.5 Å². The van der Waals surface area contributed by atoms with Gasteiger partial charge in [-0.25, -0.2) is 4.98 Å². The number of carbonyl (C=O) groups is 2. The molecule has 2 fully saturated rings. The van der Waals surface area contributed by atoms with E-state index >= 15 is 0 Å². The Hall–Kier alpha value is -3.89. The molecule has 1 aliphatic heterocycles. The standard InChI is InChI=1S/C29H47N13O3/c30-23(28(44)45)8-9-24(43)40-14-16-41(17-15-40)29-36-26(25-27(37-29)35-20-34-25)33-18-22-19-42(39-38-22)13-5-11-31-10-4-12-32-21-6-2-1-3-7-21/h19-21,23,31-32H,1-18,30H2,(H,44,45)(H2,33,34,35,36,37)/t23-/m0/s1. The number of aromatic nitrogens is 7. The second-order valence-electron chi connectivity index (χ2n) is 11.9. The van der Waals surface area contributed by atoms with Crippen molar-refractivity contribution in [1.82, 2.24) is 50.5 Å². The lowest BCUT2D eigenvalue weighted by Gasteiger charge is -2.35. The fraction of sp³-hybridized carbons (Fsp3) is 0.690. The Balaban J connectivity index is 1.03. The number of hydrogen-bond acceptors (Lipinski definition) is 12. The summed E-state index contributed by atoms with van der Waals surface area (Å²) in [5.41, 5.74) is 7.60. The molecule has 1 amide bonds. The predicted molar refractivity (Wildman–Crippen MR) is 170 cm³/mol. The molecule has 45 heavy (non-hydrogen) atoms. The minimum atomic E-state index is -1.10. The molecule has 1 saturated carbocycles. The van der Waals surface area contributed by atoms with E-state index in [0.29, 0.717) is 55.7 Å². The van der Waals surface area contributed by atoms with Gasteiger partial charge in [-0.2, -0.15) is 9.97 Å². The third-order valence-corrected chi connectivity index (χ3v) is 8.51. The topological polar surface area (TPSA) is 208 Å². The monoisotopic (exact) mass is 625 g/mol. The molecule has 1 saturated heterocycles. The highest BCUT2D eigenvalue weighted by molar-refractivity contribution is 5.84. The average Bonchev–Trinajstić information content (AvgIpc) is 3.74. The average molecular weight is 626 g/mol. The number of nitrogens with one attached hydrogen (secondary N) is 4. The first-order chi connectivity index (χ1) is 22.0. The number of imidazole rings is 1. The first kappa shape index (κ1) is 32.5. The maximum absolute atomic E-state index is 12.5. The number of nitrogens with two attached hydrogens (primary N) is 1. The summed E-state index contributed by atoms with van der Waals surface area (Å²) in [7, 11) is 0. The largest absolute Gasteiger partial charge is 0.480 e. The smallest absolute Gasteiger partial charge is 0.320 e. The molecule has 3 aromatic heterocycles. The molecule has 16 nitrogen and oxygen atoms in total. The Kier molecular flexibility index (Phi) is 11.9. The van der Waals surface area contributed by atoms with Crippen molar-refractivity contribution in [1.29, 1.82) is 0 Å². The lowest BCUT2D eigenvalue weighted by Crippen LogP contribution is -2.49. The zero-order valence-corrected chi connectivity index (χ0v) is 26.0. The van der Waals surface area contributed by atoms with Gasteiger partial charge in [-0.3, -0.25) is 14.3 Å². The van der Waals surface area contributed by atoms with Gasteiger partial charge in [0.15, 0.2) is 11.5 Å². The summed E-state index contributed by atoms with van der Waals surface area (Å²) in [6, 6.07) is -0.308. The Morgan fingerprint density at radius 1 is 1.07 bits per heavy atom. The molecular weight excluding hydrogens is 578 g/mol. The highest BCUT2D eigenvalue weighted by atomic mass is 16.4. The molecule has 16 heteroatoms. The second-order valence-corrected chi connectivity index (χ2v) is 11.9. The molecular formula is C29H47N13O3. The number of carboxylic acid groups (broad SMARTS) is 1.